The van der Waals surface area contributed by atoms with Gasteiger partial charge in [0.25, 0.3) is 0 Å². The van der Waals surface area contributed by atoms with E-state index in [1.165, 1.54) is 0 Å². The molecule has 0 radical (unpaired) electrons. The van der Waals surface area contributed by atoms with E-state index in [1.54, 1.807) is 12.1 Å². The summed E-state index contributed by atoms with van der Waals surface area (Å²) >= 11 is 0. The van der Waals surface area contributed by atoms with Gasteiger partial charge in [-0.05, 0) is 69.1 Å². The van der Waals surface area contributed by atoms with E-state index in [-0.39, 0.29) is 5.75 Å². The molecule has 2 aromatic rings. The lowest BCUT2D eigenvalue weighted by atomic mass is 9.99. The summed E-state index contributed by atoms with van der Waals surface area (Å²) in [5, 5.41) is 9.61. The highest BCUT2D eigenvalue weighted by molar-refractivity contribution is 6.71. The quantitative estimate of drug-likeness (QED) is 0.652. The first-order valence-electron chi connectivity index (χ1n) is 9.20. The zero-order valence-electron chi connectivity index (χ0n) is 16.9. The average Bonchev–Trinajstić information content (AvgIpc) is 2.53. The SMILES string of the molecule is C[Si](C)(C)OC1=C(c2ccc(O)cc2)COc2cc(O[Si](C)(C)C)ccc21. The minimum absolute atomic E-state index is 0.247. The van der Waals surface area contributed by atoms with Gasteiger partial charge >= 0.3 is 0 Å². The monoisotopic (exact) mass is 400 g/mol. The molecule has 2 aromatic carbocycles. The van der Waals surface area contributed by atoms with Crippen LogP contribution in [0.15, 0.2) is 42.5 Å². The summed E-state index contributed by atoms with van der Waals surface area (Å²) in [6.07, 6.45) is 0. The normalized spacial score (nSPS) is 14.4. The van der Waals surface area contributed by atoms with Crippen LogP contribution in [-0.4, -0.2) is 28.3 Å². The van der Waals surface area contributed by atoms with E-state index >= 15 is 0 Å². The Bertz CT molecular complexity index is 859. The first kappa shape index (κ1) is 19.6. The largest absolute Gasteiger partial charge is 0.544 e. The van der Waals surface area contributed by atoms with Crippen LogP contribution in [0.1, 0.15) is 11.1 Å². The van der Waals surface area contributed by atoms with Gasteiger partial charge in [0.15, 0.2) is 0 Å². The van der Waals surface area contributed by atoms with Crippen molar-refractivity contribution < 1.29 is 18.7 Å². The fourth-order valence-corrected chi connectivity index (χ4v) is 4.58. The van der Waals surface area contributed by atoms with Crippen LogP contribution in [0.5, 0.6) is 17.2 Å². The molecule has 4 nitrogen and oxygen atoms in total. The molecule has 27 heavy (non-hydrogen) atoms. The predicted octanol–water partition coefficient (Wildman–Crippen LogP) is 5.72. The fraction of sp³-hybridized carbons (Fsp3) is 0.333. The summed E-state index contributed by atoms with van der Waals surface area (Å²) in [5.41, 5.74) is 2.95. The maximum Gasteiger partial charge on any atom is 0.242 e. The zero-order chi connectivity index (χ0) is 19.8. The molecular formula is C21H28O4Si2. The molecular weight excluding hydrogens is 372 g/mol. The van der Waals surface area contributed by atoms with Gasteiger partial charge in [0, 0.05) is 11.6 Å². The molecule has 3 rings (SSSR count). The second-order valence-electron chi connectivity index (χ2n) is 8.73. The first-order valence-corrected chi connectivity index (χ1v) is 16.0. The standard InChI is InChI=1S/C21H28O4Si2/c1-26(2,3)24-17-11-12-18-20(13-17)23-14-19(21(18)25-27(4,5)6)15-7-9-16(22)10-8-15/h7-13,22H,14H2,1-6H3. The maximum atomic E-state index is 9.61. The Morgan fingerprint density at radius 1 is 0.852 bits per heavy atom. The second-order valence-corrected chi connectivity index (χ2v) is 17.6. The van der Waals surface area contributed by atoms with Gasteiger partial charge in [-0.3, -0.25) is 0 Å². The van der Waals surface area contributed by atoms with E-state index in [0.29, 0.717) is 6.61 Å². The van der Waals surface area contributed by atoms with Crippen LogP contribution < -0.4 is 9.16 Å². The average molecular weight is 401 g/mol. The summed E-state index contributed by atoms with van der Waals surface area (Å²) < 4.78 is 18.7. The molecule has 6 heteroatoms. The van der Waals surface area contributed by atoms with Crippen LogP contribution in [0.3, 0.4) is 0 Å². The van der Waals surface area contributed by atoms with E-state index in [4.69, 9.17) is 13.6 Å². The van der Waals surface area contributed by atoms with Gasteiger partial charge in [-0.15, -0.1) is 0 Å². The number of phenols is 1. The van der Waals surface area contributed by atoms with E-state index in [9.17, 15) is 5.11 Å². The molecule has 0 amide bonds. The highest BCUT2D eigenvalue weighted by Crippen LogP contribution is 2.41. The second kappa shape index (κ2) is 7.09. The van der Waals surface area contributed by atoms with Gasteiger partial charge in [-0.25, -0.2) is 0 Å². The molecule has 1 N–H and O–H groups in total. The Morgan fingerprint density at radius 2 is 1.48 bits per heavy atom. The number of hydrogen-bond acceptors (Lipinski definition) is 4. The molecule has 1 aliphatic heterocycles. The summed E-state index contributed by atoms with van der Waals surface area (Å²) in [6, 6.07) is 13.2. The molecule has 0 unspecified atom stereocenters. The van der Waals surface area contributed by atoms with E-state index in [1.807, 2.05) is 30.3 Å². The van der Waals surface area contributed by atoms with Gasteiger partial charge in [-0.2, -0.15) is 0 Å². The van der Waals surface area contributed by atoms with Crippen molar-refractivity contribution in [3.63, 3.8) is 0 Å². The molecule has 1 heterocycles. The highest BCUT2D eigenvalue weighted by Gasteiger charge is 2.28. The van der Waals surface area contributed by atoms with Gasteiger partial charge in [0.2, 0.25) is 16.6 Å². The Hall–Kier alpha value is -2.19. The van der Waals surface area contributed by atoms with Crippen molar-refractivity contribution in [2.75, 3.05) is 6.61 Å². The third-order valence-electron chi connectivity index (χ3n) is 3.89. The highest BCUT2D eigenvalue weighted by atomic mass is 28.4. The summed E-state index contributed by atoms with van der Waals surface area (Å²) in [5.74, 6) is 2.76. The fourth-order valence-electron chi connectivity index (χ4n) is 2.90. The van der Waals surface area contributed by atoms with Crippen molar-refractivity contribution in [1.82, 2.24) is 0 Å². The minimum Gasteiger partial charge on any atom is -0.544 e. The van der Waals surface area contributed by atoms with Crippen molar-refractivity contribution in [3.8, 4) is 17.2 Å². The molecule has 0 bridgehead atoms. The van der Waals surface area contributed by atoms with Crippen LogP contribution in [0.25, 0.3) is 11.3 Å². The van der Waals surface area contributed by atoms with Crippen molar-refractivity contribution in [2.45, 2.75) is 39.3 Å². The molecule has 144 valence electrons. The third-order valence-corrected chi connectivity index (χ3v) is 5.56. The van der Waals surface area contributed by atoms with Crippen LogP contribution >= 0.6 is 0 Å². The van der Waals surface area contributed by atoms with E-state index < -0.39 is 16.6 Å². The number of aromatic hydroxyl groups is 1. The summed E-state index contributed by atoms with van der Waals surface area (Å²) in [4.78, 5) is 0. The Morgan fingerprint density at radius 3 is 2.07 bits per heavy atom. The van der Waals surface area contributed by atoms with Crippen molar-refractivity contribution in [2.24, 2.45) is 0 Å². The van der Waals surface area contributed by atoms with Gasteiger partial charge in [0.05, 0.1) is 5.56 Å². The Balaban J connectivity index is 2.08. The first-order chi connectivity index (χ1) is 12.5. The van der Waals surface area contributed by atoms with E-state index in [2.05, 4.69) is 39.3 Å². The van der Waals surface area contributed by atoms with Crippen molar-refractivity contribution in [3.05, 3.63) is 53.6 Å². The maximum absolute atomic E-state index is 9.61. The van der Waals surface area contributed by atoms with Gasteiger partial charge < -0.3 is 18.7 Å². The lowest BCUT2D eigenvalue weighted by Gasteiger charge is -2.30. The summed E-state index contributed by atoms with van der Waals surface area (Å²) in [6.45, 7) is 13.4. The molecule has 0 saturated carbocycles. The zero-order valence-corrected chi connectivity index (χ0v) is 18.9. The number of fused-ring (bicyclic) bond motifs is 1. The molecule has 0 aliphatic carbocycles. The number of ether oxygens (including phenoxy) is 1. The number of hydrogen-bond donors (Lipinski definition) is 1. The number of phenolic OH excluding ortho intramolecular Hbond substituents is 1. The molecule has 0 aromatic heterocycles. The van der Waals surface area contributed by atoms with Crippen LogP contribution in [-0.2, 0) is 4.43 Å². The van der Waals surface area contributed by atoms with Crippen molar-refractivity contribution in [1.29, 1.82) is 0 Å². The predicted molar refractivity (Wildman–Crippen MR) is 115 cm³/mol. The Labute approximate surface area is 163 Å². The number of benzene rings is 2. The summed E-state index contributed by atoms with van der Waals surface area (Å²) in [7, 11) is -3.52. The lowest BCUT2D eigenvalue weighted by molar-refractivity contribution is 0.353. The number of rotatable bonds is 5. The Kier molecular flexibility index (Phi) is 5.14. The van der Waals surface area contributed by atoms with Crippen LogP contribution in [0.2, 0.25) is 39.3 Å². The molecule has 0 fully saturated rings. The molecule has 0 atom stereocenters. The van der Waals surface area contributed by atoms with Crippen molar-refractivity contribution >= 4 is 28.0 Å². The van der Waals surface area contributed by atoms with Crippen LogP contribution in [0.4, 0.5) is 0 Å². The topological polar surface area (TPSA) is 47.9 Å². The minimum atomic E-state index is -1.84. The van der Waals surface area contributed by atoms with E-state index in [0.717, 1.165) is 34.0 Å². The van der Waals surface area contributed by atoms with Gasteiger partial charge in [-0.1, -0.05) is 12.1 Å². The molecule has 0 saturated heterocycles. The lowest BCUT2D eigenvalue weighted by Crippen LogP contribution is -2.29. The van der Waals surface area contributed by atoms with Gasteiger partial charge in [0.1, 0.15) is 29.6 Å². The van der Waals surface area contributed by atoms with Crippen LogP contribution in [0, 0.1) is 0 Å². The molecule has 1 aliphatic rings. The third kappa shape index (κ3) is 4.96. The molecule has 0 spiro atoms. The smallest absolute Gasteiger partial charge is 0.242 e.